The summed E-state index contributed by atoms with van der Waals surface area (Å²) >= 11 is 0. The van der Waals surface area contributed by atoms with Gasteiger partial charge < -0.3 is 15.2 Å². The lowest BCUT2D eigenvalue weighted by atomic mass is 9.80. The molecule has 0 saturated carbocycles. The molecule has 1 heterocycles. The highest BCUT2D eigenvalue weighted by Crippen LogP contribution is 2.44. The van der Waals surface area contributed by atoms with Crippen molar-refractivity contribution in [3.05, 3.63) is 23.8 Å². The second-order valence-electron chi connectivity index (χ2n) is 6.68. The van der Waals surface area contributed by atoms with Crippen molar-refractivity contribution in [1.29, 1.82) is 0 Å². The molecule has 2 N–H and O–H groups in total. The molecule has 1 aliphatic heterocycles. The molecule has 4 nitrogen and oxygen atoms in total. The predicted molar refractivity (Wildman–Crippen MR) is 85.9 cm³/mol. The molecule has 1 aromatic rings. The molecule has 0 unspecified atom stereocenters. The van der Waals surface area contributed by atoms with Gasteiger partial charge in [0.1, 0.15) is 0 Å². The second-order valence-corrected chi connectivity index (χ2v) is 6.68. The maximum absolute atomic E-state index is 10.6. The molecule has 1 aromatic carbocycles. The number of para-hydroxylation sites is 1. The molecule has 1 fully saturated rings. The number of hydrogen-bond donors (Lipinski definition) is 2. The van der Waals surface area contributed by atoms with Crippen LogP contribution in [0, 0.1) is 5.41 Å². The summed E-state index contributed by atoms with van der Waals surface area (Å²) in [7, 11) is 0. The minimum Gasteiger partial charge on any atom is -0.504 e. The zero-order valence-corrected chi connectivity index (χ0v) is 13.6. The van der Waals surface area contributed by atoms with Gasteiger partial charge >= 0.3 is 0 Å². The summed E-state index contributed by atoms with van der Waals surface area (Å²) in [6.45, 7) is 13.2. The Bertz CT molecular complexity index is 462. The molecule has 1 atom stereocenters. The zero-order valence-electron chi connectivity index (χ0n) is 13.6. The van der Waals surface area contributed by atoms with Gasteiger partial charge in [-0.05, 0) is 18.4 Å². The van der Waals surface area contributed by atoms with Crippen LogP contribution >= 0.6 is 0 Å². The minimum atomic E-state index is 0.0413. The van der Waals surface area contributed by atoms with Crippen LogP contribution in [0.2, 0.25) is 0 Å². The fourth-order valence-electron chi connectivity index (χ4n) is 3.18. The van der Waals surface area contributed by atoms with Gasteiger partial charge in [-0.15, -0.1) is 0 Å². The van der Waals surface area contributed by atoms with E-state index in [1.807, 2.05) is 25.1 Å². The summed E-state index contributed by atoms with van der Waals surface area (Å²) in [5.74, 6) is 0.872. The molecule has 0 radical (unpaired) electrons. The van der Waals surface area contributed by atoms with E-state index in [0.717, 1.165) is 31.7 Å². The van der Waals surface area contributed by atoms with Crippen LogP contribution in [0.25, 0.3) is 0 Å². The number of ether oxygens (including phenoxy) is 1. The third-order valence-corrected chi connectivity index (χ3v) is 3.96. The molecule has 21 heavy (non-hydrogen) atoms. The summed E-state index contributed by atoms with van der Waals surface area (Å²) < 4.78 is 5.55. The minimum absolute atomic E-state index is 0.0413. The van der Waals surface area contributed by atoms with Gasteiger partial charge in [-0.3, -0.25) is 4.90 Å². The predicted octanol–water partition coefficient (Wildman–Crippen LogP) is 2.78. The van der Waals surface area contributed by atoms with Crippen LogP contribution in [0.15, 0.2) is 18.2 Å². The normalized spacial score (nSPS) is 18.5. The highest BCUT2D eigenvalue weighted by molar-refractivity contribution is 5.47. The third-order valence-electron chi connectivity index (χ3n) is 3.96. The number of nitrogens with zero attached hydrogens (tertiary/aromatic N) is 1. The molecule has 0 spiro atoms. The van der Waals surface area contributed by atoms with Crippen molar-refractivity contribution in [2.24, 2.45) is 5.41 Å². The third kappa shape index (κ3) is 3.69. The van der Waals surface area contributed by atoms with E-state index in [9.17, 15) is 5.11 Å². The van der Waals surface area contributed by atoms with Gasteiger partial charge in [-0.2, -0.15) is 0 Å². The molecule has 2 rings (SSSR count). The first-order valence-electron chi connectivity index (χ1n) is 7.84. The summed E-state index contributed by atoms with van der Waals surface area (Å²) in [5.41, 5.74) is 1.01. The van der Waals surface area contributed by atoms with Crippen molar-refractivity contribution < 1.29 is 9.84 Å². The van der Waals surface area contributed by atoms with Crippen molar-refractivity contribution in [2.45, 2.75) is 33.7 Å². The van der Waals surface area contributed by atoms with Crippen LogP contribution in [0.3, 0.4) is 0 Å². The van der Waals surface area contributed by atoms with E-state index in [1.54, 1.807) is 0 Å². The highest BCUT2D eigenvalue weighted by atomic mass is 16.5. The summed E-state index contributed by atoms with van der Waals surface area (Å²) in [6, 6.07) is 6.01. The fraction of sp³-hybridized carbons (Fsp3) is 0.647. The van der Waals surface area contributed by atoms with Crippen molar-refractivity contribution in [3.63, 3.8) is 0 Å². The van der Waals surface area contributed by atoms with Gasteiger partial charge in [-0.25, -0.2) is 0 Å². The Balaban J connectivity index is 2.39. The Morgan fingerprint density at radius 3 is 2.52 bits per heavy atom. The first kappa shape index (κ1) is 16.1. The maximum atomic E-state index is 10.6. The zero-order chi connectivity index (χ0) is 15.5. The highest BCUT2D eigenvalue weighted by Gasteiger charge is 2.34. The number of benzene rings is 1. The van der Waals surface area contributed by atoms with Crippen molar-refractivity contribution >= 4 is 0 Å². The Morgan fingerprint density at radius 1 is 1.29 bits per heavy atom. The van der Waals surface area contributed by atoms with Crippen molar-refractivity contribution in [2.75, 3.05) is 32.8 Å². The molecule has 1 aliphatic rings. The van der Waals surface area contributed by atoms with E-state index in [1.165, 1.54) is 0 Å². The lowest BCUT2D eigenvalue weighted by Gasteiger charge is -2.42. The SMILES string of the molecule is CCOc1cccc([C@@H](N2CCNCC2)C(C)(C)C)c1O. The average Bonchev–Trinajstić information content (AvgIpc) is 2.43. The number of rotatable bonds is 4. The van der Waals surface area contributed by atoms with Gasteiger partial charge in [0.05, 0.1) is 6.61 Å². The Labute approximate surface area is 128 Å². The van der Waals surface area contributed by atoms with E-state index >= 15 is 0 Å². The van der Waals surface area contributed by atoms with E-state index in [4.69, 9.17) is 4.74 Å². The number of piperazine rings is 1. The number of hydrogen-bond acceptors (Lipinski definition) is 4. The largest absolute Gasteiger partial charge is 0.504 e. The van der Waals surface area contributed by atoms with Crippen LogP contribution in [0.4, 0.5) is 0 Å². The van der Waals surface area contributed by atoms with Gasteiger partial charge in [0.15, 0.2) is 11.5 Å². The van der Waals surface area contributed by atoms with Crippen LogP contribution < -0.4 is 10.1 Å². The second kappa shape index (κ2) is 6.67. The summed E-state index contributed by atoms with van der Waals surface area (Å²) in [4.78, 5) is 2.46. The molecular weight excluding hydrogens is 264 g/mol. The van der Waals surface area contributed by atoms with E-state index in [-0.39, 0.29) is 17.2 Å². The Hall–Kier alpha value is -1.26. The molecular formula is C17H28N2O2. The van der Waals surface area contributed by atoms with Crippen molar-refractivity contribution in [1.82, 2.24) is 10.2 Å². The summed E-state index contributed by atoms with van der Waals surface area (Å²) in [5, 5.41) is 14.0. The maximum Gasteiger partial charge on any atom is 0.162 e. The van der Waals surface area contributed by atoms with Gasteiger partial charge in [0, 0.05) is 37.8 Å². The Morgan fingerprint density at radius 2 is 1.95 bits per heavy atom. The fourth-order valence-corrected chi connectivity index (χ4v) is 3.18. The van der Waals surface area contributed by atoms with Gasteiger partial charge in [0.25, 0.3) is 0 Å². The molecule has 0 amide bonds. The van der Waals surface area contributed by atoms with Crippen LogP contribution in [0.1, 0.15) is 39.3 Å². The first-order valence-corrected chi connectivity index (χ1v) is 7.84. The summed E-state index contributed by atoms with van der Waals surface area (Å²) in [6.07, 6.45) is 0. The van der Waals surface area contributed by atoms with E-state index < -0.39 is 0 Å². The average molecular weight is 292 g/mol. The number of nitrogens with one attached hydrogen (secondary N) is 1. The standard InChI is InChI=1S/C17H28N2O2/c1-5-21-14-8-6-7-13(15(14)20)16(17(2,3)4)19-11-9-18-10-12-19/h6-8,16,18,20H,5,9-12H2,1-4H3/t16-/m1/s1. The lowest BCUT2D eigenvalue weighted by Crippen LogP contribution is -2.48. The number of phenols is 1. The van der Waals surface area contributed by atoms with Gasteiger partial charge in [-0.1, -0.05) is 32.9 Å². The van der Waals surface area contributed by atoms with Crippen LogP contribution in [0.5, 0.6) is 11.5 Å². The first-order chi connectivity index (χ1) is 9.95. The number of aromatic hydroxyl groups is 1. The topological polar surface area (TPSA) is 44.7 Å². The molecule has 118 valence electrons. The monoisotopic (exact) mass is 292 g/mol. The van der Waals surface area contributed by atoms with Gasteiger partial charge in [0.2, 0.25) is 0 Å². The Kier molecular flexibility index (Phi) is 5.12. The molecule has 1 saturated heterocycles. The number of phenolic OH excluding ortho intramolecular Hbond substituents is 1. The molecule has 4 heteroatoms. The van der Waals surface area contributed by atoms with E-state index in [0.29, 0.717) is 12.4 Å². The molecule has 0 aromatic heterocycles. The lowest BCUT2D eigenvalue weighted by molar-refractivity contribution is 0.0838. The van der Waals surface area contributed by atoms with Crippen LogP contribution in [-0.4, -0.2) is 42.8 Å². The molecule has 0 bridgehead atoms. The quantitative estimate of drug-likeness (QED) is 0.895. The molecule has 0 aliphatic carbocycles. The van der Waals surface area contributed by atoms with E-state index in [2.05, 4.69) is 31.0 Å². The van der Waals surface area contributed by atoms with Crippen molar-refractivity contribution in [3.8, 4) is 11.5 Å². The van der Waals surface area contributed by atoms with Crippen LogP contribution in [-0.2, 0) is 0 Å². The smallest absolute Gasteiger partial charge is 0.162 e.